The summed E-state index contributed by atoms with van der Waals surface area (Å²) < 4.78 is 27.1. The van der Waals surface area contributed by atoms with Gasteiger partial charge in [0.1, 0.15) is 0 Å². The van der Waals surface area contributed by atoms with Crippen molar-refractivity contribution in [3.05, 3.63) is 45.0 Å². The number of alkyl halides is 2. The Balaban J connectivity index is 0. The third-order valence-electron chi connectivity index (χ3n) is 3.58. The third kappa shape index (κ3) is 19.7. The monoisotopic (exact) mass is 622 g/mol. The second-order valence-electron chi connectivity index (χ2n) is 7.67. The molecule has 14 nitrogen and oxygen atoms in total. The van der Waals surface area contributed by atoms with Crippen molar-refractivity contribution in [2.45, 2.75) is 26.7 Å². The fraction of sp³-hybridized carbons (Fsp3) is 0.478. The van der Waals surface area contributed by atoms with Crippen LogP contribution in [0.15, 0.2) is 37.0 Å². The van der Waals surface area contributed by atoms with E-state index in [-0.39, 0.29) is 17.0 Å². The lowest BCUT2D eigenvalue weighted by molar-refractivity contribution is 0.241. The zero-order valence-electron chi connectivity index (χ0n) is 23.6. The molecule has 2 N–H and O–H groups in total. The summed E-state index contributed by atoms with van der Waals surface area (Å²) in [6.45, 7) is 4.83. The molecule has 2 aromatic heterocycles. The number of aromatic nitrogens is 4. The molecule has 228 valence electrons. The maximum atomic E-state index is 13.6. The van der Waals surface area contributed by atoms with Crippen LogP contribution in [0, 0.1) is 11.6 Å². The van der Waals surface area contributed by atoms with E-state index in [1.807, 2.05) is 13.8 Å². The summed E-state index contributed by atoms with van der Waals surface area (Å²) in [5, 5.41) is 2.65. The van der Waals surface area contributed by atoms with E-state index in [4.69, 9.17) is 23.2 Å². The number of amides is 1. The normalized spacial score (nSPS) is 9.80. The minimum Gasteiger partial charge on any atom is -0.369 e. The molecule has 0 aliphatic carbocycles. The fourth-order valence-corrected chi connectivity index (χ4v) is 1.94. The van der Waals surface area contributed by atoms with Gasteiger partial charge in [-0.05, 0) is 12.8 Å². The number of carbonyl (C=O) groups excluding carboxylic acids is 2. The van der Waals surface area contributed by atoms with Crippen LogP contribution in [0.5, 0.6) is 0 Å². The Morgan fingerprint density at radius 3 is 2.17 bits per heavy atom. The highest BCUT2D eigenvalue weighted by Gasteiger charge is 2.12. The molecular weight excluding hydrogens is 589 g/mol. The van der Waals surface area contributed by atoms with Gasteiger partial charge < -0.3 is 15.1 Å². The molecule has 0 saturated carbocycles. The zero-order valence-corrected chi connectivity index (χ0v) is 25.1. The van der Waals surface area contributed by atoms with Gasteiger partial charge in [0.2, 0.25) is 6.08 Å². The molecule has 0 aromatic carbocycles. The lowest BCUT2D eigenvalue weighted by Crippen LogP contribution is -2.37. The van der Waals surface area contributed by atoms with Gasteiger partial charge in [0.25, 0.3) is 0 Å². The highest BCUT2D eigenvalue weighted by molar-refractivity contribution is 6.40. The first-order chi connectivity index (χ1) is 19.4. The SMILES string of the molecule is CCCN=C=O.CCCNC(=O)n1cc(F)c(N=CN(C)C)nc1=O.CN(C)C=Nc1[nH]c(=O)ncc1F.ClCCl. The van der Waals surface area contributed by atoms with Crippen molar-refractivity contribution in [3.8, 4) is 0 Å². The molecule has 2 rings (SSSR count). The van der Waals surface area contributed by atoms with E-state index < -0.39 is 29.0 Å². The molecule has 0 bridgehead atoms. The Morgan fingerprint density at radius 2 is 1.68 bits per heavy atom. The Kier molecular flexibility index (Phi) is 22.8. The highest BCUT2D eigenvalue weighted by Crippen LogP contribution is 2.10. The van der Waals surface area contributed by atoms with Crippen molar-refractivity contribution in [2.24, 2.45) is 15.0 Å². The van der Waals surface area contributed by atoms with Crippen molar-refractivity contribution >= 4 is 59.6 Å². The average molecular weight is 623 g/mol. The molecule has 0 saturated heterocycles. The molecule has 2 aromatic rings. The van der Waals surface area contributed by atoms with Gasteiger partial charge in [-0.1, -0.05) is 13.8 Å². The smallest absolute Gasteiger partial charge is 0.358 e. The number of isocyanates is 1. The number of hydrogen-bond donors (Lipinski definition) is 2. The summed E-state index contributed by atoms with van der Waals surface area (Å²) in [6.07, 6.45) is 7.39. The lowest BCUT2D eigenvalue weighted by atomic mass is 10.5. The second kappa shape index (κ2) is 23.8. The summed E-state index contributed by atoms with van der Waals surface area (Å²) in [7, 11) is 6.86. The molecule has 0 aliphatic rings. The largest absolute Gasteiger partial charge is 0.369 e. The molecule has 0 atom stereocenters. The van der Waals surface area contributed by atoms with E-state index in [2.05, 4.69) is 35.2 Å². The number of rotatable bonds is 8. The Labute approximate surface area is 245 Å². The van der Waals surface area contributed by atoms with Crippen LogP contribution in [0.4, 0.5) is 25.2 Å². The lowest BCUT2D eigenvalue weighted by Gasteiger charge is -2.06. The molecule has 1 amide bonds. The first kappa shape index (κ1) is 39.1. The van der Waals surface area contributed by atoms with E-state index in [1.54, 1.807) is 38.0 Å². The topological polar surface area (TPSA) is 170 Å². The Bertz CT molecular complexity index is 1260. The zero-order chi connectivity index (χ0) is 31.8. The van der Waals surface area contributed by atoms with Gasteiger partial charge in [-0.2, -0.15) is 9.97 Å². The van der Waals surface area contributed by atoms with Crippen molar-refractivity contribution in [1.82, 2.24) is 34.6 Å². The van der Waals surface area contributed by atoms with Gasteiger partial charge in [0.05, 0.1) is 37.0 Å². The quantitative estimate of drug-likeness (QED) is 0.196. The first-order valence-corrected chi connectivity index (χ1v) is 12.8. The van der Waals surface area contributed by atoms with Crippen LogP contribution in [0.25, 0.3) is 0 Å². The second-order valence-corrected chi connectivity index (χ2v) is 8.48. The van der Waals surface area contributed by atoms with Crippen LogP contribution in [-0.4, -0.2) is 101 Å². The Hall–Kier alpha value is -4.01. The highest BCUT2D eigenvalue weighted by atomic mass is 35.5. The van der Waals surface area contributed by atoms with E-state index in [0.717, 1.165) is 18.8 Å². The number of hydrogen-bond acceptors (Lipinski definition) is 9. The molecule has 0 unspecified atom stereocenters. The number of halogens is 4. The molecule has 2 heterocycles. The van der Waals surface area contributed by atoms with Crippen LogP contribution in [0.1, 0.15) is 26.7 Å². The van der Waals surface area contributed by atoms with Gasteiger partial charge >= 0.3 is 17.4 Å². The molecule has 18 heteroatoms. The van der Waals surface area contributed by atoms with Crippen LogP contribution >= 0.6 is 23.2 Å². The minimum atomic E-state index is -0.874. The van der Waals surface area contributed by atoms with Gasteiger partial charge in [-0.25, -0.2) is 47.5 Å². The summed E-state index contributed by atoms with van der Waals surface area (Å²) in [6, 6.07) is -0.707. The van der Waals surface area contributed by atoms with E-state index in [0.29, 0.717) is 24.1 Å². The summed E-state index contributed by atoms with van der Waals surface area (Å²) >= 11 is 9.53. The third-order valence-corrected chi connectivity index (χ3v) is 3.58. The van der Waals surface area contributed by atoms with Gasteiger partial charge in [-0.15, -0.1) is 23.2 Å². The predicted octanol–water partition coefficient (Wildman–Crippen LogP) is 2.86. The average Bonchev–Trinajstić information content (AvgIpc) is 2.92. The number of carbonyl (C=O) groups is 1. The van der Waals surface area contributed by atoms with Crippen molar-refractivity contribution in [1.29, 1.82) is 0 Å². The van der Waals surface area contributed by atoms with Gasteiger partial charge in [0, 0.05) is 34.7 Å². The van der Waals surface area contributed by atoms with Crippen molar-refractivity contribution < 1.29 is 18.4 Å². The van der Waals surface area contributed by atoms with Crippen LogP contribution in [0.3, 0.4) is 0 Å². The van der Waals surface area contributed by atoms with Crippen LogP contribution in [0.2, 0.25) is 0 Å². The number of aromatic amines is 1. The standard InChI is InChI=1S/C11H16FN5O2.C7H9FN4O.C4H7NO.CH2Cl2/c1-4-5-13-10(18)17-6-8(12)9(15-11(17)19)14-7-16(2)3;1-12(2)4-10-6-5(8)3-9-7(13)11-6;1-2-3-5-4-6;2-1-3/h6-7H,4-5H2,1-3H3,(H,13,18);3-4H,1-2H3,(H,9,11,13);2-3H2,1H3;1H2. The molecule has 41 heavy (non-hydrogen) atoms. The minimum absolute atomic E-state index is 0.117. The Morgan fingerprint density at radius 1 is 1.10 bits per heavy atom. The summed E-state index contributed by atoms with van der Waals surface area (Å²) in [5.41, 5.74) is -1.49. The van der Waals surface area contributed by atoms with E-state index in [1.165, 1.54) is 18.8 Å². The molecule has 0 fully saturated rings. The van der Waals surface area contributed by atoms with Crippen molar-refractivity contribution in [3.63, 3.8) is 0 Å². The summed E-state index contributed by atoms with van der Waals surface area (Å²) in [5.74, 6) is -1.96. The summed E-state index contributed by atoms with van der Waals surface area (Å²) in [4.78, 5) is 65.7. The predicted molar refractivity (Wildman–Crippen MR) is 156 cm³/mol. The number of aliphatic imine (C=N–C) groups is 3. The van der Waals surface area contributed by atoms with E-state index >= 15 is 0 Å². The fourth-order valence-electron chi connectivity index (χ4n) is 1.94. The molecule has 0 aliphatic heterocycles. The number of H-pyrrole nitrogens is 1. The van der Waals surface area contributed by atoms with E-state index in [9.17, 15) is 28.0 Å². The number of nitrogens with zero attached hydrogens (tertiary/aromatic N) is 8. The van der Waals surface area contributed by atoms with Crippen LogP contribution in [-0.2, 0) is 4.79 Å². The van der Waals surface area contributed by atoms with Crippen molar-refractivity contribution in [2.75, 3.05) is 46.6 Å². The first-order valence-electron chi connectivity index (χ1n) is 11.8. The van der Waals surface area contributed by atoms with Gasteiger partial charge in [0.15, 0.2) is 23.3 Å². The molecule has 0 radical (unpaired) electrons. The maximum Gasteiger partial charge on any atom is 0.358 e. The number of nitrogens with one attached hydrogen (secondary N) is 2. The maximum absolute atomic E-state index is 13.6. The van der Waals surface area contributed by atoms with Gasteiger partial charge in [-0.3, -0.25) is 4.98 Å². The molecular formula is C23H34Cl2F2N10O4. The molecule has 0 spiro atoms. The van der Waals surface area contributed by atoms with Crippen LogP contribution < -0.4 is 16.7 Å².